The molecule has 1 unspecified atom stereocenters. The molecule has 0 saturated carbocycles. The molecule has 0 fully saturated rings. The summed E-state index contributed by atoms with van der Waals surface area (Å²) in [7, 11) is 3.04. The summed E-state index contributed by atoms with van der Waals surface area (Å²) < 4.78 is 48.6. The van der Waals surface area contributed by atoms with Crippen LogP contribution >= 0.6 is 0 Å². The minimum Gasteiger partial charge on any atom is -0.760 e. The molecule has 1 atom stereocenters. The molecule has 0 aliphatic carbocycles. The molecule has 3 aromatic rings. The van der Waals surface area contributed by atoms with Gasteiger partial charge in [0.1, 0.15) is 5.82 Å². The van der Waals surface area contributed by atoms with Gasteiger partial charge in [0, 0.05) is 34.8 Å². The smallest absolute Gasteiger partial charge is 0.162 e. The first-order chi connectivity index (χ1) is 12.5. The van der Waals surface area contributed by atoms with Gasteiger partial charge in [0.15, 0.2) is 11.5 Å². The fourth-order valence-corrected chi connectivity index (χ4v) is 3.00. The van der Waals surface area contributed by atoms with Gasteiger partial charge in [-0.15, -0.1) is 0 Å². The predicted molar refractivity (Wildman–Crippen MR) is 96.0 cm³/mol. The first-order valence-electron chi connectivity index (χ1n) is 7.65. The monoisotopic (exact) mass is 375 g/mol. The lowest BCUT2D eigenvalue weighted by atomic mass is 9.99. The van der Waals surface area contributed by atoms with E-state index >= 15 is 0 Å². The van der Waals surface area contributed by atoms with Gasteiger partial charge in [-0.1, -0.05) is 24.3 Å². The van der Waals surface area contributed by atoms with E-state index in [-0.39, 0.29) is 6.54 Å². The number of methoxy groups -OCH3 is 2. The number of benzene rings is 2. The van der Waals surface area contributed by atoms with E-state index < -0.39 is 17.1 Å². The summed E-state index contributed by atoms with van der Waals surface area (Å²) >= 11 is -2.33. The Morgan fingerprint density at radius 1 is 1.15 bits per heavy atom. The van der Waals surface area contributed by atoms with E-state index in [0.29, 0.717) is 33.5 Å². The van der Waals surface area contributed by atoms with Gasteiger partial charge in [-0.05, 0) is 17.2 Å². The zero-order valence-corrected chi connectivity index (χ0v) is 14.9. The summed E-state index contributed by atoms with van der Waals surface area (Å²) in [6, 6.07) is 10.3. The Labute approximate surface area is 152 Å². The Morgan fingerprint density at radius 3 is 2.42 bits per heavy atom. The molecule has 0 amide bonds. The number of fused-ring (bicyclic) bond motifs is 1. The van der Waals surface area contributed by atoms with Crippen molar-refractivity contribution in [2.45, 2.75) is 6.54 Å². The normalized spacial score (nSPS) is 12.2. The molecule has 1 aromatic heterocycles. The Bertz CT molecular complexity index is 964. The van der Waals surface area contributed by atoms with Crippen molar-refractivity contribution in [3.8, 4) is 22.6 Å². The molecule has 0 aliphatic heterocycles. The van der Waals surface area contributed by atoms with Crippen LogP contribution in [-0.2, 0) is 17.8 Å². The molecule has 26 heavy (non-hydrogen) atoms. The lowest BCUT2D eigenvalue weighted by Gasteiger charge is -2.13. The van der Waals surface area contributed by atoms with Crippen molar-refractivity contribution < 1.29 is 22.6 Å². The first-order valence-corrected chi connectivity index (χ1v) is 8.73. The van der Waals surface area contributed by atoms with E-state index in [1.807, 2.05) is 0 Å². The molecule has 136 valence electrons. The van der Waals surface area contributed by atoms with E-state index in [1.165, 1.54) is 20.4 Å². The van der Waals surface area contributed by atoms with Gasteiger partial charge >= 0.3 is 0 Å². The number of nitrogens with one attached hydrogen (secondary N) is 1. The standard InChI is InChI=1S/C18H17FN2O4S/c1-24-16-7-13-15(8-17(16)25-2)20-10-14(19)18(13)12-5-3-11(4-6-12)9-21-26(22)23/h3-8,10,21H,9H2,1-2H3,(H,22,23)/p-1. The van der Waals surface area contributed by atoms with Crippen LogP contribution in [0, 0.1) is 5.82 Å². The highest BCUT2D eigenvalue weighted by atomic mass is 32.2. The average Bonchev–Trinajstić information content (AvgIpc) is 2.65. The lowest BCUT2D eigenvalue weighted by molar-refractivity contribution is 0.356. The summed E-state index contributed by atoms with van der Waals surface area (Å²) in [5.41, 5.74) is 2.37. The zero-order chi connectivity index (χ0) is 18.7. The quantitative estimate of drug-likeness (QED) is 0.670. The van der Waals surface area contributed by atoms with Gasteiger partial charge in [-0.2, -0.15) is 0 Å². The first kappa shape index (κ1) is 18.2. The molecule has 2 aromatic carbocycles. The fourth-order valence-electron chi connectivity index (χ4n) is 2.72. The van der Waals surface area contributed by atoms with Crippen LogP contribution in [0.25, 0.3) is 22.0 Å². The molecule has 0 spiro atoms. The third kappa shape index (κ3) is 3.67. The minimum atomic E-state index is -2.33. The van der Waals surface area contributed by atoms with Gasteiger partial charge in [-0.3, -0.25) is 9.19 Å². The average molecular weight is 375 g/mol. The number of pyridine rings is 1. The molecule has 3 rings (SSSR count). The van der Waals surface area contributed by atoms with Crippen LogP contribution < -0.4 is 14.2 Å². The Balaban J connectivity index is 2.08. The number of aromatic nitrogens is 1. The second kappa shape index (κ2) is 7.77. The minimum absolute atomic E-state index is 0.168. The highest BCUT2D eigenvalue weighted by Gasteiger charge is 2.15. The number of hydrogen-bond acceptors (Lipinski definition) is 5. The Hall–Kier alpha value is -2.55. The number of rotatable bonds is 6. The van der Waals surface area contributed by atoms with Crippen molar-refractivity contribution in [1.82, 2.24) is 9.71 Å². The van der Waals surface area contributed by atoms with Crippen molar-refractivity contribution in [2.75, 3.05) is 14.2 Å². The Morgan fingerprint density at radius 2 is 1.81 bits per heavy atom. The SMILES string of the molecule is COc1cc2ncc(F)c(-c3ccc(CNS(=O)[O-])cc3)c2cc1OC. The molecule has 6 nitrogen and oxygen atoms in total. The third-order valence-electron chi connectivity index (χ3n) is 3.96. The lowest BCUT2D eigenvalue weighted by Crippen LogP contribution is -2.15. The highest BCUT2D eigenvalue weighted by Crippen LogP contribution is 2.37. The van der Waals surface area contributed by atoms with E-state index in [9.17, 15) is 13.2 Å². The van der Waals surface area contributed by atoms with Crippen molar-refractivity contribution in [3.05, 3.63) is 54.0 Å². The summed E-state index contributed by atoms with van der Waals surface area (Å²) in [6.07, 6.45) is 1.17. The van der Waals surface area contributed by atoms with E-state index in [4.69, 9.17) is 9.47 Å². The molecule has 0 bridgehead atoms. The second-order valence-corrected chi connectivity index (χ2v) is 6.22. The molecule has 8 heteroatoms. The summed E-state index contributed by atoms with van der Waals surface area (Å²) in [4.78, 5) is 4.13. The number of hydrogen-bond donors (Lipinski definition) is 1. The summed E-state index contributed by atoms with van der Waals surface area (Å²) in [5, 5.41) is 0.592. The molecule has 0 aliphatic rings. The van der Waals surface area contributed by atoms with Crippen LogP contribution in [0.5, 0.6) is 11.5 Å². The van der Waals surface area contributed by atoms with Gasteiger partial charge < -0.3 is 14.0 Å². The van der Waals surface area contributed by atoms with E-state index in [1.54, 1.807) is 36.4 Å². The van der Waals surface area contributed by atoms with E-state index in [2.05, 4.69) is 9.71 Å². The van der Waals surface area contributed by atoms with Crippen molar-refractivity contribution >= 4 is 22.2 Å². The number of ether oxygens (including phenoxy) is 2. The summed E-state index contributed by atoms with van der Waals surface area (Å²) in [5.74, 6) is 0.528. The van der Waals surface area contributed by atoms with E-state index in [0.717, 1.165) is 5.56 Å². The van der Waals surface area contributed by atoms with Crippen LogP contribution in [0.3, 0.4) is 0 Å². The molecular formula is C18H16FN2O4S-. The van der Waals surface area contributed by atoms with Crippen molar-refractivity contribution in [2.24, 2.45) is 0 Å². The van der Waals surface area contributed by atoms with Crippen LogP contribution in [0.2, 0.25) is 0 Å². The van der Waals surface area contributed by atoms with Crippen molar-refractivity contribution in [3.63, 3.8) is 0 Å². The maximum Gasteiger partial charge on any atom is 0.162 e. The number of halogens is 1. The fraction of sp³-hybridized carbons (Fsp3) is 0.167. The molecule has 0 saturated heterocycles. The van der Waals surface area contributed by atoms with Crippen LogP contribution in [0.1, 0.15) is 5.56 Å². The molecular weight excluding hydrogens is 359 g/mol. The third-order valence-corrected chi connectivity index (χ3v) is 4.34. The second-order valence-electron chi connectivity index (χ2n) is 5.46. The Kier molecular flexibility index (Phi) is 5.46. The molecule has 0 radical (unpaired) electrons. The van der Waals surface area contributed by atoms with Crippen molar-refractivity contribution in [1.29, 1.82) is 0 Å². The zero-order valence-electron chi connectivity index (χ0n) is 14.1. The largest absolute Gasteiger partial charge is 0.760 e. The van der Waals surface area contributed by atoms with Gasteiger partial charge in [0.05, 0.1) is 25.9 Å². The topological polar surface area (TPSA) is 83.5 Å². The maximum atomic E-state index is 14.5. The molecule has 1 N–H and O–H groups in total. The van der Waals surface area contributed by atoms with Crippen LogP contribution in [-0.4, -0.2) is 28.0 Å². The summed E-state index contributed by atoms with van der Waals surface area (Å²) in [6.45, 7) is 0.168. The maximum absolute atomic E-state index is 14.5. The van der Waals surface area contributed by atoms with Gasteiger partial charge in [0.2, 0.25) is 0 Å². The van der Waals surface area contributed by atoms with Gasteiger partial charge in [-0.25, -0.2) is 9.11 Å². The highest BCUT2D eigenvalue weighted by molar-refractivity contribution is 7.77. The molecule has 1 heterocycles. The number of nitrogens with zero attached hydrogens (tertiary/aromatic N) is 1. The van der Waals surface area contributed by atoms with Gasteiger partial charge in [0.25, 0.3) is 0 Å². The van der Waals surface area contributed by atoms with Crippen LogP contribution in [0.4, 0.5) is 4.39 Å². The van der Waals surface area contributed by atoms with Crippen LogP contribution in [0.15, 0.2) is 42.6 Å². The predicted octanol–water partition coefficient (Wildman–Crippen LogP) is 2.94.